The molecule has 29 heavy (non-hydrogen) atoms. The van der Waals surface area contributed by atoms with E-state index in [1.807, 2.05) is 4.90 Å². The number of aromatic nitrogens is 2. The maximum absolute atomic E-state index is 12.9. The highest BCUT2D eigenvalue weighted by molar-refractivity contribution is 7.92. The SMILES string of the molecule is CCCS(=O)(=O)Nc1ccc2n(c1=O)C[C@@H]1C[C@@H]2CN(C(=O)c2ccccn2)C1. The highest BCUT2D eigenvalue weighted by Crippen LogP contribution is 2.35. The van der Waals surface area contributed by atoms with Crippen LogP contribution in [0.4, 0.5) is 5.69 Å². The third kappa shape index (κ3) is 3.91. The van der Waals surface area contributed by atoms with Crippen LogP contribution in [0.25, 0.3) is 0 Å². The number of carbonyl (C=O) groups is 1. The first-order valence-corrected chi connectivity index (χ1v) is 11.5. The molecule has 1 saturated heterocycles. The summed E-state index contributed by atoms with van der Waals surface area (Å²) < 4.78 is 28.2. The fraction of sp³-hybridized carbons (Fsp3) is 0.450. The molecule has 9 heteroatoms. The molecule has 1 amide bonds. The van der Waals surface area contributed by atoms with E-state index in [9.17, 15) is 18.0 Å². The van der Waals surface area contributed by atoms with E-state index in [-0.39, 0.29) is 34.7 Å². The van der Waals surface area contributed by atoms with Crippen molar-refractivity contribution in [3.8, 4) is 0 Å². The zero-order chi connectivity index (χ0) is 20.6. The van der Waals surface area contributed by atoms with Crippen LogP contribution in [0.2, 0.25) is 0 Å². The Labute approximate surface area is 169 Å². The molecule has 0 unspecified atom stereocenters. The Balaban J connectivity index is 1.59. The van der Waals surface area contributed by atoms with Gasteiger partial charge in [-0.3, -0.25) is 19.3 Å². The van der Waals surface area contributed by atoms with Crippen molar-refractivity contribution < 1.29 is 13.2 Å². The number of anilines is 1. The van der Waals surface area contributed by atoms with Crippen molar-refractivity contribution in [3.63, 3.8) is 0 Å². The van der Waals surface area contributed by atoms with Crippen LogP contribution in [0.1, 0.15) is 41.9 Å². The molecule has 2 aliphatic rings. The van der Waals surface area contributed by atoms with Crippen LogP contribution in [0.15, 0.2) is 41.3 Å². The van der Waals surface area contributed by atoms with Gasteiger partial charge in [0.2, 0.25) is 10.0 Å². The quantitative estimate of drug-likeness (QED) is 0.799. The molecule has 1 N–H and O–H groups in total. The summed E-state index contributed by atoms with van der Waals surface area (Å²) in [6.45, 7) is 3.33. The second kappa shape index (κ2) is 7.62. The summed E-state index contributed by atoms with van der Waals surface area (Å²) in [7, 11) is -3.53. The number of hydrogen-bond donors (Lipinski definition) is 1. The summed E-state index contributed by atoms with van der Waals surface area (Å²) in [5, 5.41) is 0. The Kier molecular flexibility index (Phi) is 5.16. The number of nitrogens with zero attached hydrogens (tertiary/aromatic N) is 3. The fourth-order valence-corrected chi connectivity index (χ4v) is 5.46. The number of rotatable bonds is 5. The fourth-order valence-electron chi connectivity index (χ4n) is 4.33. The van der Waals surface area contributed by atoms with Crippen LogP contribution >= 0.6 is 0 Å². The van der Waals surface area contributed by atoms with Crippen molar-refractivity contribution in [1.82, 2.24) is 14.5 Å². The molecule has 0 radical (unpaired) electrons. The first-order valence-electron chi connectivity index (χ1n) is 9.82. The molecule has 4 heterocycles. The van der Waals surface area contributed by atoms with E-state index >= 15 is 0 Å². The van der Waals surface area contributed by atoms with Gasteiger partial charge in [0, 0.05) is 37.4 Å². The van der Waals surface area contributed by atoms with E-state index in [0.717, 1.165) is 12.1 Å². The van der Waals surface area contributed by atoms with Gasteiger partial charge in [0.1, 0.15) is 11.4 Å². The monoisotopic (exact) mass is 416 g/mol. The number of amides is 1. The minimum atomic E-state index is -3.53. The number of hydrogen-bond acceptors (Lipinski definition) is 5. The number of likely N-dealkylation sites (tertiary alicyclic amines) is 1. The molecule has 0 aliphatic carbocycles. The number of carbonyl (C=O) groups excluding carboxylic acids is 1. The minimum absolute atomic E-state index is 0.0238. The number of pyridine rings is 2. The van der Waals surface area contributed by atoms with Crippen LogP contribution in [0.3, 0.4) is 0 Å². The molecule has 0 spiro atoms. The molecule has 2 aromatic rings. The van der Waals surface area contributed by atoms with Crippen molar-refractivity contribution in [2.45, 2.75) is 32.2 Å². The molecule has 2 aromatic heterocycles. The highest BCUT2D eigenvalue weighted by atomic mass is 32.2. The van der Waals surface area contributed by atoms with Gasteiger partial charge in [-0.05, 0) is 43.0 Å². The van der Waals surface area contributed by atoms with Gasteiger partial charge in [0.05, 0.1) is 5.75 Å². The van der Waals surface area contributed by atoms with Crippen molar-refractivity contribution in [2.24, 2.45) is 5.92 Å². The first kappa shape index (κ1) is 19.6. The van der Waals surface area contributed by atoms with E-state index in [0.29, 0.717) is 31.7 Å². The van der Waals surface area contributed by atoms with Gasteiger partial charge >= 0.3 is 0 Å². The summed E-state index contributed by atoms with van der Waals surface area (Å²) in [5.41, 5.74) is 1.04. The summed E-state index contributed by atoms with van der Waals surface area (Å²) in [5.74, 6) is 0.0719. The predicted molar refractivity (Wildman–Crippen MR) is 109 cm³/mol. The molecule has 154 valence electrons. The lowest BCUT2D eigenvalue weighted by Gasteiger charge is -2.42. The molecule has 4 rings (SSSR count). The predicted octanol–water partition coefficient (Wildman–Crippen LogP) is 1.65. The highest BCUT2D eigenvalue weighted by Gasteiger charge is 2.37. The van der Waals surface area contributed by atoms with E-state index in [1.165, 1.54) is 0 Å². The van der Waals surface area contributed by atoms with Crippen molar-refractivity contribution in [2.75, 3.05) is 23.6 Å². The zero-order valence-electron chi connectivity index (χ0n) is 16.2. The molecular weight excluding hydrogens is 392 g/mol. The zero-order valence-corrected chi connectivity index (χ0v) is 17.1. The summed E-state index contributed by atoms with van der Waals surface area (Å²) in [6, 6.07) is 8.62. The van der Waals surface area contributed by atoms with Crippen LogP contribution in [-0.4, -0.2) is 47.6 Å². The van der Waals surface area contributed by atoms with Crippen molar-refractivity contribution >= 4 is 21.6 Å². The second-order valence-electron chi connectivity index (χ2n) is 7.73. The van der Waals surface area contributed by atoms with Gasteiger partial charge in [-0.15, -0.1) is 0 Å². The van der Waals surface area contributed by atoms with Gasteiger partial charge in [0.15, 0.2) is 0 Å². The molecule has 2 atom stereocenters. The lowest BCUT2D eigenvalue weighted by atomic mass is 9.83. The molecule has 8 nitrogen and oxygen atoms in total. The Morgan fingerprint density at radius 2 is 2.03 bits per heavy atom. The average Bonchev–Trinajstić information content (AvgIpc) is 2.70. The van der Waals surface area contributed by atoms with E-state index in [4.69, 9.17) is 0 Å². The lowest BCUT2D eigenvalue weighted by Crippen LogP contribution is -2.49. The summed E-state index contributed by atoms with van der Waals surface area (Å²) in [6.07, 6.45) is 2.99. The summed E-state index contributed by atoms with van der Waals surface area (Å²) >= 11 is 0. The molecule has 2 bridgehead atoms. The standard InChI is InChI=1S/C20H24N4O4S/c1-2-9-29(27,28)22-17-6-7-18-15-10-14(12-24(18)20(17)26)11-23(13-15)19(25)16-5-3-4-8-21-16/h3-8,14-15,22H,2,9-13H2,1H3/t14-,15-/m1/s1. The number of piperidine rings is 1. The number of fused-ring (bicyclic) bond motifs is 4. The Morgan fingerprint density at radius 1 is 1.21 bits per heavy atom. The largest absolute Gasteiger partial charge is 0.336 e. The minimum Gasteiger partial charge on any atom is -0.336 e. The van der Waals surface area contributed by atoms with Crippen molar-refractivity contribution in [1.29, 1.82) is 0 Å². The summed E-state index contributed by atoms with van der Waals surface area (Å²) in [4.78, 5) is 31.7. The van der Waals surface area contributed by atoms with E-state index in [2.05, 4.69) is 9.71 Å². The third-order valence-corrected chi connectivity index (χ3v) is 6.99. The number of nitrogens with one attached hydrogen (secondary N) is 1. The second-order valence-corrected chi connectivity index (χ2v) is 9.57. The van der Waals surface area contributed by atoms with Gasteiger partial charge in [0.25, 0.3) is 11.5 Å². The maximum atomic E-state index is 12.9. The maximum Gasteiger partial charge on any atom is 0.275 e. The Bertz CT molecular complexity index is 1080. The third-order valence-electron chi connectivity index (χ3n) is 5.51. The first-order chi connectivity index (χ1) is 13.9. The Hall–Kier alpha value is -2.68. The van der Waals surface area contributed by atoms with Gasteiger partial charge < -0.3 is 9.47 Å². The number of sulfonamides is 1. The topological polar surface area (TPSA) is 101 Å². The lowest BCUT2D eigenvalue weighted by molar-refractivity contribution is 0.0589. The van der Waals surface area contributed by atoms with Crippen molar-refractivity contribution in [3.05, 3.63) is 58.3 Å². The van der Waals surface area contributed by atoms with E-state index < -0.39 is 10.0 Å². The van der Waals surface area contributed by atoms with Crippen LogP contribution in [0, 0.1) is 5.92 Å². The van der Waals surface area contributed by atoms with Gasteiger partial charge in [-0.25, -0.2) is 8.42 Å². The normalized spacial score (nSPS) is 20.8. The van der Waals surface area contributed by atoms with Gasteiger partial charge in [-0.1, -0.05) is 13.0 Å². The Morgan fingerprint density at radius 3 is 2.76 bits per heavy atom. The molecule has 2 aliphatic heterocycles. The molecule has 0 aromatic carbocycles. The smallest absolute Gasteiger partial charge is 0.275 e. The molecule has 1 fully saturated rings. The van der Waals surface area contributed by atoms with Crippen LogP contribution < -0.4 is 10.3 Å². The molecule has 0 saturated carbocycles. The van der Waals surface area contributed by atoms with E-state index in [1.54, 1.807) is 48.0 Å². The average molecular weight is 417 g/mol. The van der Waals surface area contributed by atoms with Gasteiger partial charge in [-0.2, -0.15) is 0 Å². The van der Waals surface area contributed by atoms with Crippen LogP contribution in [-0.2, 0) is 16.6 Å². The van der Waals surface area contributed by atoms with Crippen LogP contribution in [0.5, 0.6) is 0 Å². The molecular formula is C20H24N4O4S.